The van der Waals surface area contributed by atoms with Gasteiger partial charge in [-0.05, 0) is 39.3 Å². The maximum atomic E-state index is 12.4. The summed E-state index contributed by atoms with van der Waals surface area (Å²) in [6, 6.07) is 0.238. The number of likely N-dealkylation sites (tertiary alicyclic amines) is 1. The molecule has 2 heterocycles. The van der Waals surface area contributed by atoms with Gasteiger partial charge in [0.1, 0.15) is 0 Å². The summed E-state index contributed by atoms with van der Waals surface area (Å²) in [5.74, 6) is -0.813. The molecule has 2 N–H and O–H groups in total. The van der Waals surface area contributed by atoms with Crippen LogP contribution in [-0.2, 0) is 4.79 Å². The van der Waals surface area contributed by atoms with Gasteiger partial charge >= 0.3 is 12.0 Å². The molecular weight excluding hydrogens is 246 g/mol. The number of carboxylic acid groups (broad SMARTS) is 1. The zero-order valence-corrected chi connectivity index (χ0v) is 11.7. The minimum atomic E-state index is -0.813. The molecule has 108 valence electrons. The maximum Gasteiger partial charge on any atom is 0.320 e. The van der Waals surface area contributed by atoms with Crippen LogP contribution in [0, 0.1) is 5.41 Å². The van der Waals surface area contributed by atoms with Crippen molar-refractivity contribution < 1.29 is 14.7 Å². The molecule has 1 atom stereocenters. The lowest BCUT2D eigenvalue weighted by Crippen LogP contribution is -2.49. The summed E-state index contributed by atoms with van der Waals surface area (Å²) in [6.45, 7) is 4.45. The van der Waals surface area contributed by atoms with Crippen LogP contribution in [0.3, 0.4) is 0 Å². The Bertz CT molecular complexity index is 368. The van der Waals surface area contributed by atoms with Gasteiger partial charge in [0, 0.05) is 26.2 Å². The van der Waals surface area contributed by atoms with E-state index in [4.69, 9.17) is 0 Å². The van der Waals surface area contributed by atoms with Gasteiger partial charge in [-0.2, -0.15) is 0 Å². The first-order chi connectivity index (χ1) is 8.94. The summed E-state index contributed by atoms with van der Waals surface area (Å²) < 4.78 is 0. The predicted molar refractivity (Wildman–Crippen MR) is 71.0 cm³/mol. The summed E-state index contributed by atoms with van der Waals surface area (Å²) in [5, 5.41) is 12.5. The number of carbonyl (C=O) groups excluding carboxylic acids is 1. The smallest absolute Gasteiger partial charge is 0.320 e. The fraction of sp³-hybridized carbons (Fsp3) is 0.846. The number of urea groups is 1. The lowest BCUT2D eigenvalue weighted by atomic mass is 9.90. The molecule has 2 amide bonds. The van der Waals surface area contributed by atoms with Crippen molar-refractivity contribution in [2.24, 2.45) is 5.41 Å². The van der Waals surface area contributed by atoms with E-state index in [-0.39, 0.29) is 12.1 Å². The van der Waals surface area contributed by atoms with Crippen molar-refractivity contribution in [2.45, 2.75) is 32.2 Å². The number of nitrogens with zero attached hydrogens (tertiary/aromatic N) is 2. The number of carbonyl (C=O) groups is 2. The molecule has 0 saturated carbocycles. The Balaban J connectivity index is 1.95. The quantitative estimate of drug-likeness (QED) is 0.769. The molecule has 2 fully saturated rings. The van der Waals surface area contributed by atoms with E-state index in [1.807, 2.05) is 7.05 Å². The number of aliphatic carboxylic acids is 1. The number of amides is 2. The van der Waals surface area contributed by atoms with Crippen molar-refractivity contribution in [3.8, 4) is 0 Å². The first kappa shape index (κ1) is 14.1. The molecule has 19 heavy (non-hydrogen) atoms. The van der Waals surface area contributed by atoms with Crippen molar-refractivity contribution in [3.05, 3.63) is 0 Å². The van der Waals surface area contributed by atoms with Crippen LogP contribution in [0.15, 0.2) is 0 Å². The largest absolute Gasteiger partial charge is 0.481 e. The van der Waals surface area contributed by atoms with Gasteiger partial charge in [0.05, 0.1) is 5.41 Å². The standard InChI is InChI=1S/C13H23N3O3/c1-13(11(17)18)5-8-16(9-13)12(19)15(2)10-3-6-14-7-4-10/h10,14H,3-9H2,1-2H3,(H,17,18). The van der Waals surface area contributed by atoms with Crippen LogP contribution < -0.4 is 5.32 Å². The fourth-order valence-corrected chi connectivity index (χ4v) is 2.87. The first-order valence-corrected chi connectivity index (χ1v) is 6.90. The Morgan fingerprint density at radius 1 is 1.37 bits per heavy atom. The van der Waals surface area contributed by atoms with Crippen LogP contribution >= 0.6 is 0 Å². The lowest BCUT2D eigenvalue weighted by Gasteiger charge is -2.34. The average Bonchev–Trinajstić information content (AvgIpc) is 2.82. The van der Waals surface area contributed by atoms with Crippen molar-refractivity contribution >= 4 is 12.0 Å². The van der Waals surface area contributed by atoms with E-state index in [9.17, 15) is 14.7 Å². The zero-order valence-electron chi connectivity index (χ0n) is 11.7. The van der Waals surface area contributed by atoms with E-state index in [0.717, 1.165) is 25.9 Å². The fourth-order valence-electron chi connectivity index (χ4n) is 2.87. The number of piperidine rings is 1. The summed E-state index contributed by atoms with van der Waals surface area (Å²) in [5.41, 5.74) is -0.787. The third-order valence-corrected chi connectivity index (χ3v) is 4.42. The molecular formula is C13H23N3O3. The second-order valence-corrected chi connectivity index (χ2v) is 5.91. The van der Waals surface area contributed by atoms with Crippen LogP contribution in [0.5, 0.6) is 0 Å². The van der Waals surface area contributed by atoms with Crippen LogP contribution in [-0.4, -0.2) is 66.2 Å². The molecule has 2 aliphatic heterocycles. The SMILES string of the molecule is CN(C(=O)N1CCC(C)(C(=O)O)C1)C1CCNCC1. The Kier molecular flexibility index (Phi) is 3.99. The minimum absolute atomic E-state index is 0.0307. The van der Waals surface area contributed by atoms with Gasteiger partial charge in [0.25, 0.3) is 0 Å². The minimum Gasteiger partial charge on any atom is -0.481 e. The molecule has 6 nitrogen and oxygen atoms in total. The van der Waals surface area contributed by atoms with Gasteiger partial charge in [0.2, 0.25) is 0 Å². The number of carboxylic acids is 1. The molecule has 2 saturated heterocycles. The van der Waals surface area contributed by atoms with Gasteiger partial charge in [-0.3, -0.25) is 4.79 Å². The highest BCUT2D eigenvalue weighted by atomic mass is 16.4. The first-order valence-electron chi connectivity index (χ1n) is 6.90. The number of hydrogen-bond acceptors (Lipinski definition) is 3. The topological polar surface area (TPSA) is 72.9 Å². The van der Waals surface area contributed by atoms with Gasteiger partial charge in [-0.1, -0.05) is 0 Å². The van der Waals surface area contributed by atoms with Gasteiger partial charge < -0.3 is 20.2 Å². The Labute approximate surface area is 113 Å². The summed E-state index contributed by atoms with van der Waals surface area (Å²) in [4.78, 5) is 27.1. The maximum absolute atomic E-state index is 12.4. The van der Waals surface area contributed by atoms with E-state index < -0.39 is 11.4 Å². The van der Waals surface area contributed by atoms with Crippen LogP contribution in [0.2, 0.25) is 0 Å². The third-order valence-electron chi connectivity index (χ3n) is 4.42. The molecule has 0 aromatic rings. The summed E-state index contributed by atoms with van der Waals surface area (Å²) in [7, 11) is 1.83. The molecule has 0 aromatic heterocycles. The second kappa shape index (κ2) is 5.36. The van der Waals surface area contributed by atoms with Crippen molar-refractivity contribution in [1.82, 2.24) is 15.1 Å². The normalized spacial score (nSPS) is 28.4. The molecule has 0 aromatic carbocycles. The monoisotopic (exact) mass is 269 g/mol. The van der Waals surface area contributed by atoms with Crippen molar-refractivity contribution in [2.75, 3.05) is 33.2 Å². The molecule has 0 spiro atoms. The van der Waals surface area contributed by atoms with Gasteiger partial charge in [0.15, 0.2) is 0 Å². The van der Waals surface area contributed by atoms with Crippen LogP contribution in [0.25, 0.3) is 0 Å². The number of hydrogen-bond donors (Lipinski definition) is 2. The van der Waals surface area contributed by atoms with E-state index in [1.54, 1.807) is 16.7 Å². The van der Waals surface area contributed by atoms with E-state index in [0.29, 0.717) is 19.5 Å². The lowest BCUT2D eigenvalue weighted by molar-refractivity contribution is -0.147. The van der Waals surface area contributed by atoms with Crippen LogP contribution in [0.4, 0.5) is 4.79 Å². The third kappa shape index (κ3) is 2.83. The Morgan fingerprint density at radius 2 is 2.00 bits per heavy atom. The van der Waals surface area contributed by atoms with Crippen molar-refractivity contribution in [3.63, 3.8) is 0 Å². The van der Waals surface area contributed by atoms with E-state index in [1.165, 1.54) is 0 Å². The zero-order chi connectivity index (χ0) is 14.0. The molecule has 0 aliphatic carbocycles. The van der Waals surface area contributed by atoms with E-state index in [2.05, 4.69) is 5.32 Å². The summed E-state index contributed by atoms with van der Waals surface area (Å²) in [6.07, 6.45) is 2.46. The Morgan fingerprint density at radius 3 is 2.53 bits per heavy atom. The number of nitrogens with one attached hydrogen (secondary N) is 1. The Hall–Kier alpha value is -1.30. The van der Waals surface area contributed by atoms with Crippen molar-refractivity contribution in [1.29, 1.82) is 0 Å². The molecule has 1 unspecified atom stereocenters. The molecule has 6 heteroatoms. The van der Waals surface area contributed by atoms with Gasteiger partial charge in [-0.25, -0.2) is 4.79 Å². The highest BCUT2D eigenvalue weighted by Gasteiger charge is 2.43. The van der Waals surface area contributed by atoms with Gasteiger partial charge in [-0.15, -0.1) is 0 Å². The second-order valence-electron chi connectivity index (χ2n) is 5.91. The summed E-state index contributed by atoms with van der Waals surface area (Å²) >= 11 is 0. The predicted octanol–water partition coefficient (Wildman–Crippen LogP) is 0.587. The van der Waals surface area contributed by atoms with Crippen LogP contribution in [0.1, 0.15) is 26.2 Å². The highest BCUT2D eigenvalue weighted by molar-refractivity contribution is 5.79. The molecule has 2 rings (SSSR count). The average molecular weight is 269 g/mol. The number of rotatable bonds is 2. The molecule has 0 bridgehead atoms. The molecule has 0 radical (unpaired) electrons. The van der Waals surface area contributed by atoms with E-state index >= 15 is 0 Å². The molecule has 2 aliphatic rings. The highest BCUT2D eigenvalue weighted by Crippen LogP contribution is 2.31.